The van der Waals surface area contributed by atoms with Crippen LogP contribution in [0.1, 0.15) is 21.6 Å². The lowest BCUT2D eigenvalue weighted by Crippen LogP contribution is -2.22. The van der Waals surface area contributed by atoms with Crippen molar-refractivity contribution in [2.24, 2.45) is 0 Å². The van der Waals surface area contributed by atoms with Gasteiger partial charge >= 0.3 is 11.9 Å². The van der Waals surface area contributed by atoms with E-state index in [0.29, 0.717) is 16.9 Å². The van der Waals surface area contributed by atoms with E-state index in [0.717, 1.165) is 15.4 Å². The predicted octanol–water partition coefficient (Wildman–Crippen LogP) is 3.69. The molecule has 0 spiro atoms. The minimum Gasteiger partial charge on any atom is -0.465 e. The Bertz CT molecular complexity index is 1030. The van der Waals surface area contributed by atoms with E-state index in [1.165, 1.54) is 24.5 Å². The van der Waals surface area contributed by atoms with Crippen LogP contribution in [0.3, 0.4) is 0 Å². The van der Waals surface area contributed by atoms with Crippen molar-refractivity contribution in [3.05, 3.63) is 57.9 Å². The van der Waals surface area contributed by atoms with E-state index >= 15 is 0 Å². The van der Waals surface area contributed by atoms with E-state index in [4.69, 9.17) is 4.74 Å². The van der Waals surface area contributed by atoms with Crippen molar-refractivity contribution in [1.82, 2.24) is 4.98 Å². The second-order valence-corrected chi connectivity index (χ2v) is 7.83. The maximum atomic E-state index is 12.1. The summed E-state index contributed by atoms with van der Waals surface area (Å²) in [5.41, 5.74) is 2.14. The number of anilines is 1. The molecule has 1 amide bonds. The fourth-order valence-corrected chi connectivity index (χ4v) is 4.07. The molecule has 0 bridgehead atoms. The Morgan fingerprint density at radius 3 is 2.72 bits per heavy atom. The van der Waals surface area contributed by atoms with Crippen LogP contribution in [-0.2, 0) is 25.5 Å². The van der Waals surface area contributed by atoms with Gasteiger partial charge in [-0.1, -0.05) is 12.1 Å². The number of amides is 1. The molecule has 3 aromatic rings. The third kappa shape index (κ3) is 5.49. The molecule has 0 aliphatic rings. The van der Waals surface area contributed by atoms with Crippen LogP contribution >= 0.6 is 22.7 Å². The van der Waals surface area contributed by atoms with Gasteiger partial charge in [0.2, 0.25) is 0 Å². The van der Waals surface area contributed by atoms with E-state index in [2.05, 4.69) is 15.0 Å². The number of hydrogen-bond acceptors (Lipinski definition) is 8. The van der Waals surface area contributed by atoms with Crippen molar-refractivity contribution in [3.8, 4) is 9.88 Å². The highest BCUT2D eigenvalue weighted by Crippen LogP contribution is 2.28. The highest BCUT2D eigenvalue weighted by molar-refractivity contribution is 7.20. The normalized spacial score (nSPS) is 10.4. The van der Waals surface area contributed by atoms with Gasteiger partial charge in [-0.15, -0.1) is 22.7 Å². The van der Waals surface area contributed by atoms with Crippen LogP contribution < -0.4 is 5.32 Å². The molecule has 3 rings (SSSR count). The van der Waals surface area contributed by atoms with E-state index in [1.54, 1.807) is 35.8 Å². The van der Waals surface area contributed by atoms with Crippen molar-refractivity contribution >= 4 is 46.2 Å². The first-order chi connectivity index (χ1) is 14.0. The Kier molecular flexibility index (Phi) is 6.73. The molecule has 2 aromatic heterocycles. The monoisotopic (exact) mass is 430 g/mol. The van der Waals surface area contributed by atoms with E-state index in [-0.39, 0.29) is 6.42 Å². The molecule has 1 N–H and O–H groups in total. The van der Waals surface area contributed by atoms with Gasteiger partial charge in [0.25, 0.3) is 5.91 Å². The van der Waals surface area contributed by atoms with Crippen molar-refractivity contribution < 1.29 is 23.9 Å². The fraction of sp³-hybridized carbons (Fsp3) is 0.200. The largest absolute Gasteiger partial charge is 0.465 e. The van der Waals surface area contributed by atoms with Crippen molar-refractivity contribution in [2.45, 2.75) is 13.3 Å². The Morgan fingerprint density at radius 1 is 1.17 bits per heavy atom. The Morgan fingerprint density at radius 2 is 2.00 bits per heavy atom. The van der Waals surface area contributed by atoms with E-state index in [1.807, 2.05) is 17.5 Å². The molecule has 0 radical (unpaired) electrons. The van der Waals surface area contributed by atoms with Gasteiger partial charge in [0.05, 0.1) is 29.7 Å². The Labute approximate surface area is 175 Å². The second kappa shape index (κ2) is 9.44. The van der Waals surface area contributed by atoms with Gasteiger partial charge in [-0.25, -0.2) is 9.78 Å². The van der Waals surface area contributed by atoms with Crippen LogP contribution in [0, 0.1) is 6.92 Å². The molecule has 1 aromatic carbocycles. The number of thiazole rings is 1. The number of ether oxygens (including phenoxy) is 2. The summed E-state index contributed by atoms with van der Waals surface area (Å²) in [5.74, 6) is -1.54. The molecule has 7 nitrogen and oxygen atoms in total. The molecule has 0 saturated carbocycles. The van der Waals surface area contributed by atoms with Crippen LogP contribution in [0.25, 0.3) is 9.88 Å². The Balaban J connectivity index is 1.52. The van der Waals surface area contributed by atoms with Gasteiger partial charge in [0.15, 0.2) is 6.61 Å². The van der Waals surface area contributed by atoms with Crippen LogP contribution in [0.4, 0.5) is 5.69 Å². The number of nitrogens with one attached hydrogen (secondary N) is 1. The number of carbonyl (C=O) groups excluding carboxylic acids is 3. The van der Waals surface area contributed by atoms with Gasteiger partial charge in [0.1, 0.15) is 5.01 Å². The Hall–Kier alpha value is -3.04. The number of aryl methyl sites for hydroxylation is 1. The molecule has 9 heteroatoms. The topological polar surface area (TPSA) is 94.6 Å². The van der Waals surface area contributed by atoms with Crippen LogP contribution in [0.15, 0.2) is 41.1 Å². The lowest BCUT2D eigenvalue weighted by Gasteiger charge is -2.10. The zero-order valence-corrected chi connectivity index (χ0v) is 17.4. The summed E-state index contributed by atoms with van der Waals surface area (Å²) in [6.07, 6.45) is -0.00793. The van der Waals surface area contributed by atoms with Crippen LogP contribution in [0.5, 0.6) is 0 Å². The molecule has 2 heterocycles. The number of benzene rings is 1. The summed E-state index contributed by atoms with van der Waals surface area (Å²) in [7, 11) is 1.28. The van der Waals surface area contributed by atoms with Crippen LogP contribution in [0.2, 0.25) is 0 Å². The number of rotatable bonds is 7. The molecular weight excluding hydrogens is 412 g/mol. The number of carbonyl (C=O) groups is 3. The summed E-state index contributed by atoms with van der Waals surface area (Å²) in [6.45, 7) is 1.36. The number of hydrogen-bond donors (Lipinski definition) is 1. The van der Waals surface area contributed by atoms with Crippen LogP contribution in [-0.4, -0.2) is 36.5 Å². The average Bonchev–Trinajstić information content (AvgIpc) is 3.39. The maximum Gasteiger partial charge on any atom is 0.337 e. The third-order valence-electron chi connectivity index (χ3n) is 3.91. The minimum atomic E-state index is -0.539. The SMILES string of the molecule is COC(=O)c1ccc(C)c(NC(=O)COC(=O)Cc2csc(-c3cccs3)n2)c1. The summed E-state index contributed by atoms with van der Waals surface area (Å²) in [6, 6.07) is 8.72. The van der Waals surface area contributed by atoms with E-state index < -0.39 is 24.5 Å². The fourth-order valence-electron chi connectivity index (χ4n) is 2.43. The third-order valence-corrected chi connectivity index (χ3v) is 5.84. The smallest absolute Gasteiger partial charge is 0.337 e. The molecular formula is C20H18N2O5S2. The number of thiophene rings is 1. The van der Waals surface area contributed by atoms with E-state index in [9.17, 15) is 14.4 Å². The first-order valence-electron chi connectivity index (χ1n) is 8.59. The number of aromatic nitrogens is 1. The zero-order valence-electron chi connectivity index (χ0n) is 15.8. The molecule has 150 valence electrons. The molecule has 0 aliphatic heterocycles. The first kappa shape index (κ1) is 20.7. The number of esters is 2. The first-order valence-corrected chi connectivity index (χ1v) is 10.3. The number of nitrogens with zero attached hydrogens (tertiary/aromatic N) is 1. The second-order valence-electron chi connectivity index (χ2n) is 6.03. The standard InChI is InChI=1S/C20H18N2O5S2/c1-12-5-6-13(20(25)26-2)8-15(12)22-17(23)10-27-18(24)9-14-11-29-19(21-14)16-4-3-7-28-16/h3-8,11H,9-10H2,1-2H3,(H,22,23). The number of methoxy groups -OCH3 is 1. The molecule has 0 fully saturated rings. The van der Waals surface area contributed by atoms with Crippen molar-refractivity contribution in [1.29, 1.82) is 0 Å². The highest BCUT2D eigenvalue weighted by Gasteiger charge is 2.14. The maximum absolute atomic E-state index is 12.1. The van der Waals surface area contributed by atoms with Gasteiger partial charge in [-0.2, -0.15) is 0 Å². The van der Waals surface area contributed by atoms with Gasteiger partial charge < -0.3 is 14.8 Å². The van der Waals surface area contributed by atoms with Gasteiger partial charge in [-0.05, 0) is 36.1 Å². The average molecular weight is 431 g/mol. The lowest BCUT2D eigenvalue weighted by molar-refractivity contribution is -0.146. The molecule has 0 atom stereocenters. The summed E-state index contributed by atoms with van der Waals surface area (Å²) < 4.78 is 9.71. The summed E-state index contributed by atoms with van der Waals surface area (Å²) in [4.78, 5) is 41.2. The zero-order chi connectivity index (χ0) is 20.8. The highest BCUT2D eigenvalue weighted by atomic mass is 32.1. The lowest BCUT2D eigenvalue weighted by atomic mass is 10.1. The summed E-state index contributed by atoms with van der Waals surface area (Å²) >= 11 is 3.04. The van der Waals surface area contributed by atoms with Crippen molar-refractivity contribution in [3.63, 3.8) is 0 Å². The predicted molar refractivity (Wildman–Crippen MR) is 111 cm³/mol. The van der Waals surface area contributed by atoms with Gasteiger partial charge in [-0.3, -0.25) is 9.59 Å². The summed E-state index contributed by atoms with van der Waals surface area (Å²) in [5, 5.41) is 7.25. The minimum absolute atomic E-state index is 0.00793. The van der Waals surface area contributed by atoms with Crippen molar-refractivity contribution in [2.75, 3.05) is 19.0 Å². The molecule has 0 unspecified atom stereocenters. The molecule has 0 saturated heterocycles. The molecule has 0 aliphatic carbocycles. The molecule has 29 heavy (non-hydrogen) atoms. The quantitative estimate of drug-likeness (QED) is 0.575. The van der Waals surface area contributed by atoms with Gasteiger partial charge in [0, 0.05) is 11.1 Å².